The number of rotatable bonds is 11. The lowest BCUT2D eigenvalue weighted by atomic mass is 9.96. The molecule has 2 unspecified atom stereocenters. The maximum Gasteiger partial charge on any atom is 0.252 e. The van der Waals surface area contributed by atoms with E-state index in [0.29, 0.717) is 18.2 Å². The Balaban J connectivity index is 1.53. The second-order valence-electron chi connectivity index (χ2n) is 9.49. The Kier molecular flexibility index (Phi) is 10.6. The van der Waals surface area contributed by atoms with E-state index < -0.39 is 0 Å². The van der Waals surface area contributed by atoms with Crippen LogP contribution < -0.4 is 14.8 Å². The molecule has 6 heteroatoms. The highest BCUT2D eigenvalue weighted by atomic mass is 16.5. The molecular formula is C30H41N3O3. The first-order chi connectivity index (χ1) is 17.4. The van der Waals surface area contributed by atoms with E-state index in [0.717, 1.165) is 42.0 Å². The van der Waals surface area contributed by atoms with Crippen LogP contribution in [0.25, 0.3) is 0 Å². The first-order valence-corrected chi connectivity index (χ1v) is 13.0. The van der Waals surface area contributed by atoms with Gasteiger partial charge in [-0.2, -0.15) is 0 Å². The molecule has 1 saturated heterocycles. The minimum absolute atomic E-state index is 0.0658. The third kappa shape index (κ3) is 7.95. The zero-order valence-corrected chi connectivity index (χ0v) is 22.4. The average molecular weight is 492 g/mol. The maximum atomic E-state index is 12.8. The molecule has 1 fully saturated rings. The molecule has 6 nitrogen and oxygen atoms in total. The van der Waals surface area contributed by atoms with E-state index in [1.807, 2.05) is 62.4 Å². The number of likely N-dealkylation sites (tertiary alicyclic amines) is 1. The average Bonchev–Trinajstić information content (AvgIpc) is 2.90. The lowest BCUT2D eigenvalue weighted by molar-refractivity contribution is -0.117. The van der Waals surface area contributed by atoms with Crippen molar-refractivity contribution in [3.63, 3.8) is 0 Å². The van der Waals surface area contributed by atoms with Gasteiger partial charge in [-0.25, -0.2) is 0 Å². The largest absolute Gasteiger partial charge is 0.497 e. The van der Waals surface area contributed by atoms with Crippen LogP contribution in [0, 0.1) is 0 Å². The zero-order chi connectivity index (χ0) is 25.9. The van der Waals surface area contributed by atoms with Crippen molar-refractivity contribution in [3.8, 4) is 11.5 Å². The van der Waals surface area contributed by atoms with Gasteiger partial charge in [0, 0.05) is 25.3 Å². The number of ether oxygens (including phenoxy) is 2. The maximum absolute atomic E-state index is 12.8. The normalized spacial score (nSPS) is 19.8. The summed E-state index contributed by atoms with van der Waals surface area (Å²) in [4.78, 5) is 19.8. The van der Waals surface area contributed by atoms with E-state index in [9.17, 15) is 4.79 Å². The minimum Gasteiger partial charge on any atom is -0.497 e. The van der Waals surface area contributed by atoms with E-state index in [-0.39, 0.29) is 18.1 Å². The molecule has 2 aromatic carbocycles. The van der Waals surface area contributed by atoms with Crippen LogP contribution in [0.1, 0.15) is 63.6 Å². The van der Waals surface area contributed by atoms with Crippen molar-refractivity contribution in [1.82, 2.24) is 10.2 Å². The monoisotopic (exact) mass is 491 g/mol. The quantitative estimate of drug-likeness (QED) is 0.322. The summed E-state index contributed by atoms with van der Waals surface area (Å²) in [6.45, 7) is 7.59. The van der Waals surface area contributed by atoms with Crippen molar-refractivity contribution in [1.29, 1.82) is 0 Å². The molecule has 1 aliphatic rings. The molecule has 1 N–H and O–H groups in total. The van der Waals surface area contributed by atoms with Crippen molar-refractivity contribution >= 4 is 12.1 Å². The molecule has 0 bridgehead atoms. The van der Waals surface area contributed by atoms with Crippen molar-refractivity contribution in [2.24, 2.45) is 4.99 Å². The Hall–Kier alpha value is -3.12. The second kappa shape index (κ2) is 13.8. The highest BCUT2D eigenvalue weighted by Crippen LogP contribution is 2.25. The van der Waals surface area contributed by atoms with Crippen LogP contribution >= 0.6 is 0 Å². The third-order valence-corrected chi connectivity index (χ3v) is 6.85. The summed E-state index contributed by atoms with van der Waals surface area (Å²) < 4.78 is 11.5. The van der Waals surface area contributed by atoms with Crippen molar-refractivity contribution in [3.05, 3.63) is 71.3 Å². The summed E-state index contributed by atoms with van der Waals surface area (Å²) >= 11 is 0. The van der Waals surface area contributed by atoms with Gasteiger partial charge in [-0.1, -0.05) is 43.7 Å². The van der Waals surface area contributed by atoms with Crippen LogP contribution in [0.2, 0.25) is 0 Å². The number of benzene rings is 2. The van der Waals surface area contributed by atoms with E-state index in [4.69, 9.17) is 9.47 Å². The molecule has 2 aromatic rings. The molecule has 3 atom stereocenters. The Labute approximate surface area is 216 Å². The first-order valence-electron chi connectivity index (χ1n) is 13.0. The highest BCUT2D eigenvalue weighted by Gasteiger charge is 2.26. The molecular weight excluding hydrogens is 450 g/mol. The van der Waals surface area contributed by atoms with Crippen LogP contribution in [0.4, 0.5) is 0 Å². The van der Waals surface area contributed by atoms with Gasteiger partial charge in [-0.3, -0.25) is 9.79 Å². The molecule has 0 spiro atoms. The van der Waals surface area contributed by atoms with E-state index in [2.05, 4.69) is 29.2 Å². The van der Waals surface area contributed by atoms with Crippen molar-refractivity contribution < 1.29 is 14.3 Å². The number of carbonyl (C=O) groups excluding carboxylic acids is 1. The molecule has 0 aromatic heterocycles. The van der Waals surface area contributed by atoms with Crippen molar-refractivity contribution in [2.75, 3.05) is 20.7 Å². The number of aliphatic imine (C=N–C) groups is 1. The number of methoxy groups -OCH3 is 1. The van der Waals surface area contributed by atoms with Gasteiger partial charge in [0.1, 0.15) is 17.6 Å². The fourth-order valence-electron chi connectivity index (χ4n) is 4.54. The molecule has 0 aliphatic carbocycles. The number of nitrogens with zero attached hydrogens (tertiary/aromatic N) is 2. The zero-order valence-electron chi connectivity index (χ0n) is 22.4. The number of hydrogen-bond acceptors (Lipinski definition) is 5. The summed E-state index contributed by atoms with van der Waals surface area (Å²) in [5.74, 6) is 1.53. The van der Waals surface area contributed by atoms with E-state index in [1.165, 1.54) is 12.8 Å². The Bertz CT molecular complexity index is 1030. The molecule has 3 rings (SSSR count). The predicted molar refractivity (Wildman–Crippen MR) is 147 cm³/mol. The molecule has 0 saturated carbocycles. The van der Waals surface area contributed by atoms with Gasteiger partial charge < -0.3 is 19.7 Å². The molecule has 1 heterocycles. The lowest BCUT2D eigenvalue weighted by Gasteiger charge is -2.37. The van der Waals surface area contributed by atoms with Crippen molar-refractivity contribution in [2.45, 2.75) is 71.2 Å². The number of nitrogens with one attached hydrogen (secondary N) is 1. The van der Waals surface area contributed by atoms with Gasteiger partial charge in [0.05, 0.1) is 18.7 Å². The summed E-state index contributed by atoms with van der Waals surface area (Å²) in [5, 5.41) is 3.01. The van der Waals surface area contributed by atoms with Crippen LogP contribution in [-0.4, -0.2) is 49.9 Å². The molecule has 0 radical (unpaired) electrons. The van der Waals surface area contributed by atoms with Gasteiger partial charge in [-0.05, 0) is 75.5 Å². The van der Waals surface area contributed by atoms with Gasteiger partial charge >= 0.3 is 0 Å². The van der Waals surface area contributed by atoms with Gasteiger partial charge in [-0.15, -0.1) is 0 Å². The Morgan fingerprint density at radius 3 is 2.69 bits per heavy atom. The highest BCUT2D eigenvalue weighted by molar-refractivity contribution is 6.12. The van der Waals surface area contributed by atoms with E-state index >= 15 is 0 Å². The molecule has 1 amide bonds. The number of hydrogen-bond donors (Lipinski definition) is 1. The fourth-order valence-corrected chi connectivity index (χ4v) is 4.54. The second-order valence-corrected chi connectivity index (χ2v) is 9.49. The van der Waals surface area contributed by atoms with Crippen LogP contribution in [0.15, 0.2) is 65.2 Å². The summed E-state index contributed by atoms with van der Waals surface area (Å²) in [6.07, 6.45) is 8.17. The standard InChI is InChI=1S/C30H41N3O3/c1-6-9-26-19-29(16-17-33(26)4)36-28-11-8-10-23(18-28)20-32-30(34)24(7-2)21-31-22(3)25-12-14-27(35-5)15-13-25/h7-8,10-15,18,21-22,26,29H,6,9,16-17,19-20H2,1-5H3,(H,32,34)/b24-7+,31-21?/t22?,26?,29-/m1/s1. The Morgan fingerprint density at radius 2 is 2.00 bits per heavy atom. The number of piperidine rings is 1. The topological polar surface area (TPSA) is 63.2 Å². The molecule has 194 valence electrons. The van der Waals surface area contributed by atoms with E-state index in [1.54, 1.807) is 19.4 Å². The fraction of sp³-hybridized carbons (Fsp3) is 0.467. The number of amides is 1. The molecule has 1 aliphatic heterocycles. The van der Waals surface area contributed by atoms with Crippen LogP contribution in [0.5, 0.6) is 11.5 Å². The summed E-state index contributed by atoms with van der Waals surface area (Å²) in [7, 11) is 3.86. The smallest absolute Gasteiger partial charge is 0.252 e. The minimum atomic E-state index is -0.146. The Morgan fingerprint density at radius 1 is 1.22 bits per heavy atom. The predicted octanol–water partition coefficient (Wildman–Crippen LogP) is 5.73. The van der Waals surface area contributed by atoms with Gasteiger partial charge in [0.25, 0.3) is 5.91 Å². The van der Waals surface area contributed by atoms with Gasteiger partial charge in [0.15, 0.2) is 0 Å². The summed E-state index contributed by atoms with van der Waals surface area (Å²) in [5.41, 5.74) is 2.61. The first kappa shape index (κ1) is 27.5. The van der Waals surface area contributed by atoms with Gasteiger partial charge in [0.2, 0.25) is 0 Å². The van der Waals surface area contributed by atoms with Crippen LogP contribution in [0.3, 0.4) is 0 Å². The van der Waals surface area contributed by atoms with Crippen LogP contribution in [-0.2, 0) is 11.3 Å². The lowest BCUT2D eigenvalue weighted by Crippen LogP contribution is -2.43. The third-order valence-electron chi connectivity index (χ3n) is 6.85. The summed E-state index contributed by atoms with van der Waals surface area (Å²) in [6, 6.07) is 16.4. The number of carbonyl (C=O) groups is 1. The number of allylic oxidation sites excluding steroid dienone is 1. The SMILES string of the molecule is C/C=C(\C=NC(C)c1ccc(OC)cc1)C(=O)NCc1cccc(O[C@@H]2CCN(C)C(CCC)C2)c1. The molecule has 36 heavy (non-hydrogen) atoms.